The Morgan fingerprint density at radius 1 is 1.31 bits per heavy atom. The van der Waals surface area contributed by atoms with Crippen molar-refractivity contribution in [3.63, 3.8) is 0 Å². The number of halogens is 1. The molecule has 4 rings (SSSR count). The first-order valence-electron chi connectivity index (χ1n) is 8.87. The van der Waals surface area contributed by atoms with Gasteiger partial charge < -0.3 is 14.6 Å². The molecule has 1 atom stereocenters. The van der Waals surface area contributed by atoms with Gasteiger partial charge in [-0.05, 0) is 59.1 Å². The zero-order valence-electron chi connectivity index (χ0n) is 14.7. The Morgan fingerprint density at radius 2 is 2.19 bits per heavy atom. The van der Waals surface area contributed by atoms with Crippen LogP contribution in [-0.2, 0) is 11.3 Å². The molecule has 2 aromatic heterocycles. The minimum Gasteiger partial charge on any atom is -0.312 e. The van der Waals surface area contributed by atoms with Crippen molar-refractivity contribution in [3.8, 4) is 0 Å². The van der Waals surface area contributed by atoms with E-state index in [1.165, 1.54) is 5.56 Å². The summed E-state index contributed by atoms with van der Waals surface area (Å²) in [7, 11) is 0. The Balaban J connectivity index is 1.48. The van der Waals surface area contributed by atoms with Crippen LogP contribution in [0.2, 0.25) is 0 Å². The maximum atomic E-state index is 12.0. The second-order valence-corrected chi connectivity index (χ2v) is 7.59. The second-order valence-electron chi connectivity index (χ2n) is 6.67. The summed E-state index contributed by atoms with van der Waals surface area (Å²) in [5, 5.41) is 3.56. The number of carbonyl (C=O) groups is 1. The topological polar surface area (TPSA) is 49.6 Å². The predicted molar refractivity (Wildman–Crippen MR) is 106 cm³/mol. The fraction of sp³-hybridized carbons (Fsp3) is 0.300. The van der Waals surface area contributed by atoms with E-state index in [1.54, 1.807) is 0 Å². The summed E-state index contributed by atoms with van der Waals surface area (Å²) in [6.07, 6.45) is 5.53. The van der Waals surface area contributed by atoms with Gasteiger partial charge in [-0.15, -0.1) is 0 Å². The molecule has 3 heterocycles. The van der Waals surface area contributed by atoms with E-state index in [2.05, 4.69) is 49.7 Å². The van der Waals surface area contributed by atoms with E-state index >= 15 is 0 Å². The van der Waals surface area contributed by atoms with Crippen LogP contribution in [0.5, 0.6) is 0 Å². The Kier molecular flexibility index (Phi) is 4.78. The zero-order valence-corrected chi connectivity index (χ0v) is 16.2. The van der Waals surface area contributed by atoms with Crippen LogP contribution in [0.3, 0.4) is 0 Å². The third-order valence-electron chi connectivity index (χ3n) is 4.89. The molecule has 1 aliphatic heterocycles. The standard InChI is InChI=1S/C20H21BrN4O/c1-14(15-4-2-5-17(10-15)24-9-3-6-20(24)26)22-11-18-12-23-19-8-7-16(21)13-25(18)19/h2,4-5,7-8,10,12-14,22H,3,6,9,11H2,1H3. The minimum absolute atomic E-state index is 0.172. The normalized spacial score (nSPS) is 15.8. The summed E-state index contributed by atoms with van der Waals surface area (Å²) in [6.45, 7) is 3.68. The van der Waals surface area contributed by atoms with E-state index in [9.17, 15) is 4.79 Å². The lowest BCUT2D eigenvalue weighted by Gasteiger charge is -2.19. The molecule has 6 heteroatoms. The molecule has 1 saturated heterocycles. The average Bonchev–Trinajstić information content (AvgIpc) is 3.25. The first-order chi connectivity index (χ1) is 12.6. The molecule has 134 valence electrons. The lowest BCUT2D eigenvalue weighted by molar-refractivity contribution is -0.117. The molecule has 26 heavy (non-hydrogen) atoms. The number of carbonyl (C=O) groups excluding carboxylic acids is 1. The van der Waals surface area contributed by atoms with E-state index in [0.717, 1.165) is 34.5 Å². The number of nitrogens with one attached hydrogen (secondary N) is 1. The molecule has 1 fully saturated rings. The Labute approximate surface area is 161 Å². The Morgan fingerprint density at radius 3 is 3.00 bits per heavy atom. The largest absolute Gasteiger partial charge is 0.312 e. The first kappa shape index (κ1) is 17.2. The highest BCUT2D eigenvalue weighted by atomic mass is 79.9. The number of hydrogen-bond donors (Lipinski definition) is 1. The molecular formula is C20H21BrN4O. The summed E-state index contributed by atoms with van der Waals surface area (Å²) in [6, 6.07) is 12.4. The number of aromatic nitrogens is 2. The zero-order chi connectivity index (χ0) is 18.1. The van der Waals surface area contributed by atoms with E-state index in [4.69, 9.17) is 0 Å². The number of anilines is 1. The van der Waals surface area contributed by atoms with Gasteiger partial charge in [0.15, 0.2) is 0 Å². The number of fused-ring (bicyclic) bond motifs is 1. The third kappa shape index (κ3) is 3.39. The van der Waals surface area contributed by atoms with Gasteiger partial charge in [-0.3, -0.25) is 4.79 Å². The van der Waals surface area contributed by atoms with Crippen molar-refractivity contribution in [2.75, 3.05) is 11.4 Å². The molecule has 0 aliphatic carbocycles. The third-order valence-corrected chi connectivity index (χ3v) is 5.36. The van der Waals surface area contributed by atoms with Crippen molar-refractivity contribution < 1.29 is 4.79 Å². The molecule has 0 radical (unpaired) electrons. The molecule has 3 aromatic rings. The van der Waals surface area contributed by atoms with Crippen LogP contribution in [0.25, 0.3) is 5.65 Å². The maximum Gasteiger partial charge on any atom is 0.227 e. The van der Waals surface area contributed by atoms with Crippen molar-refractivity contribution in [1.29, 1.82) is 0 Å². The fourth-order valence-corrected chi connectivity index (χ4v) is 3.73. The smallest absolute Gasteiger partial charge is 0.227 e. The van der Waals surface area contributed by atoms with Crippen LogP contribution in [0.1, 0.15) is 37.1 Å². The van der Waals surface area contributed by atoms with Crippen LogP contribution < -0.4 is 10.2 Å². The van der Waals surface area contributed by atoms with Gasteiger partial charge >= 0.3 is 0 Å². The number of hydrogen-bond acceptors (Lipinski definition) is 3. The predicted octanol–water partition coefficient (Wildman–Crippen LogP) is 4.07. The quantitative estimate of drug-likeness (QED) is 0.686. The van der Waals surface area contributed by atoms with E-state index in [0.29, 0.717) is 13.0 Å². The molecule has 1 amide bonds. The molecule has 5 nitrogen and oxygen atoms in total. The summed E-state index contributed by atoms with van der Waals surface area (Å²) >= 11 is 3.51. The van der Waals surface area contributed by atoms with Crippen molar-refractivity contribution >= 4 is 33.2 Å². The molecule has 0 bridgehead atoms. The second kappa shape index (κ2) is 7.21. The van der Waals surface area contributed by atoms with E-state index in [-0.39, 0.29) is 11.9 Å². The van der Waals surface area contributed by atoms with Gasteiger partial charge in [0.05, 0.1) is 11.9 Å². The van der Waals surface area contributed by atoms with Gasteiger partial charge in [-0.2, -0.15) is 0 Å². The Hall–Kier alpha value is -2.18. The van der Waals surface area contributed by atoms with Crippen molar-refractivity contribution in [1.82, 2.24) is 14.7 Å². The average molecular weight is 413 g/mol. The van der Waals surface area contributed by atoms with Gasteiger partial charge in [0.25, 0.3) is 0 Å². The summed E-state index contributed by atoms with van der Waals surface area (Å²) in [4.78, 5) is 18.3. The van der Waals surface area contributed by atoms with Gasteiger partial charge in [-0.1, -0.05) is 12.1 Å². The Bertz CT molecular complexity index is 952. The molecule has 1 aromatic carbocycles. The molecule has 1 aliphatic rings. The molecule has 1 N–H and O–H groups in total. The first-order valence-corrected chi connectivity index (χ1v) is 9.66. The lowest BCUT2D eigenvalue weighted by atomic mass is 10.1. The van der Waals surface area contributed by atoms with Gasteiger partial charge in [0, 0.05) is 41.9 Å². The van der Waals surface area contributed by atoms with E-state index < -0.39 is 0 Å². The fourth-order valence-electron chi connectivity index (χ4n) is 3.39. The highest BCUT2D eigenvalue weighted by molar-refractivity contribution is 9.10. The van der Waals surface area contributed by atoms with Crippen LogP contribution >= 0.6 is 15.9 Å². The van der Waals surface area contributed by atoms with Crippen LogP contribution in [0.15, 0.2) is 53.3 Å². The number of amides is 1. The van der Waals surface area contributed by atoms with Crippen molar-refractivity contribution in [2.24, 2.45) is 0 Å². The number of benzene rings is 1. The molecule has 1 unspecified atom stereocenters. The monoisotopic (exact) mass is 412 g/mol. The maximum absolute atomic E-state index is 12.0. The highest BCUT2D eigenvalue weighted by Crippen LogP contribution is 2.25. The summed E-state index contributed by atoms with van der Waals surface area (Å²) < 4.78 is 3.11. The SMILES string of the molecule is CC(NCc1cnc2ccc(Br)cn12)c1cccc(N2CCCC2=O)c1. The number of pyridine rings is 1. The molecule has 0 saturated carbocycles. The van der Waals surface area contributed by atoms with Gasteiger partial charge in [0.1, 0.15) is 5.65 Å². The summed E-state index contributed by atoms with van der Waals surface area (Å²) in [5.41, 5.74) is 4.22. The number of rotatable bonds is 5. The van der Waals surface area contributed by atoms with E-state index in [1.807, 2.05) is 41.6 Å². The number of imidazole rings is 1. The van der Waals surface area contributed by atoms with Gasteiger partial charge in [0.2, 0.25) is 5.91 Å². The number of nitrogens with zero attached hydrogens (tertiary/aromatic N) is 3. The van der Waals surface area contributed by atoms with Gasteiger partial charge in [-0.25, -0.2) is 4.98 Å². The van der Waals surface area contributed by atoms with Crippen molar-refractivity contribution in [3.05, 3.63) is 64.5 Å². The highest BCUT2D eigenvalue weighted by Gasteiger charge is 2.22. The molecular weight excluding hydrogens is 392 g/mol. The summed E-state index contributed by atoms with van der Waals surface area (Å²) in [5.74, 6) is 0.221. The molecule has 0 spiro atoms. The van der Waals surface area contributed by atoms with Crippen LogP contribution in [-0.4, -0.2) is 21.8 Å². The minimum atomic E-state index is 0.172. The lowest BCUT2D eigenvalue weighted by Crippen LogP contribution is -2.24. The van der Waals surface area contributed by atoms with Crippen LogP contribution in [0.4, 0.5) is 5.69 Å². The van der Waals surface area contributed by atoms with Crippen molar-refractivity contribution in [2.45, 2.75) is 32.4 Å². The van der Waals surface area contributed by atoms with Crippen LogP contribution in [0, 0.1) is 0 Å².